The third-order valence-electron chi connectivity index (χ3n) is 1.95. The van der Waals surface area contributed by atoms with E-state index in [0.29, 0.717) is 13.0 Å². The van der Waals surface area contributed by atoms with Crippen LogP contribution in [0, 0.1) is 3.57 Å². The van der Waals surface area contributed by atoms with Crippen LogP contribution < -0.4 is 0 Å². The summed E-state index contributed by atoms with van der Waals surface area (Å²) in [5.74, 6) is 0.163. The second kappa shape index (κ2) is 5.26. The molecule has 0 spiro atoms. The highest BCUT2D eigenvalue weighted by Gasteiger charge is 2.12. The van der Waals surface area contributed by atoms with E-state index >= 15 is 0 Å². The summed E-state index contributed by atoms with van der Waals surface area (Å²) in [7, 11) is 0.0244. The molecule has 0 saturated heterocycles. The van der Waals surface area contributed by atoms with Crippen LogP contribution in [-0.4, -0.2) is 42.4 Å². The molecule has 7 heteroatoms. The molecule has 0 radical (unpaired) electrons. The van der Waals surface area contributed by atoms with Crippen LogP contribution in [-0.2, 0) is 16.6 Å². The van der Waals surface area contributed by atoms with Crippen molar-refractivity contribution in [1.82, 2.24) is 14.1 Å². The van der Waals surface area contributed by atoms with Gasteiger partial charge in [-0.1, -0.05) is 0 Å². The van der Waals surface area contributed by atoms with Gasteiger partial charge in [-0.3, -0.25) is 4.68 Å². The van der Waals surface area contributed by atoms with Crippen molar-refractivity contribution in [2.24, 2.45) is 0 Å². The van der Waals surface area contributed by atoms with Gasteiger partial charge in [0, 0.05) is 26.8 Å². The summed E-state index contributed by atoms with van der Waals surface area (Å²) in [5, 5.41) is 4.08. The highest BCUT2D eigenvalue weighted by molar-refractivity contribution is 14.1. The van der Waals surface area contributed by atoms with E-state index in [1.165, 1.54) is 4.31 Å². The number of halogens is 1. The van der Waals surface area contributed by atoms with Gasteiger partial charge in [0.2, 0.25) is 10.0 Å². The average molecular weight is 343 g/mol. The molecule has 0 atom stereocenters. The molecule has 1 rings (SSSR count). The van der Waals surface area contributed by atoms with E-state index in [1.54, 1.807) is 25.0 Å². The van der Waals surface area contributed by atoms with E-state index in [2.05, 4.69) is 27.7 Å². The monoisotopic (exact) mass is 343 g/mol. The summed E-state index contributed by atoms with van der Waals surface area (Å²) in [6.45, 7) is 0.635. The van der Waals surface area contributed by atoms with Crippen molar-refractivity contribution in [2.75, 3.05) is 19.8 Å². The molecule has 0 aliphatic carbocycles. The van der Waals surface area contributed by atoms with Crippen molar-refractivity contribution >= 4 is 32.6 Å². The summed E-state index contributed by atoms with van der Waals surface area (Å²) in [4.78, 5) is 0. The number of sulfonamides is 1. The molecular formula is C8H14IN3O2S. The number of rotatable bonds is 5. The fourth-order valence-corrected chi connectivity index (χ4v) is 2.36. The quantitative estimate of drug-likeness (QED) is 0.742. The maximum absolute atomic E-state index is 11.4. The third-order valence-corrected chi connectivity index (χ3v) is 4.42. The van der Waals surface area contributed by atoms with E-state index in [0.717, 1.165) is 3.57 Å². The van der Waals surface area contributed by atoms with Gasteiger partial charge in [0.25, 0.3) is 0 Å². The Kier molecular flexibility index (Phi) is 4.53. The van der Waals surface area contributed by atoms with Crippen molar-refractivity contribution in [1.29, 1.82) is 0 Å². The lowest BCUT2D eigenvalue weighted by Crippen LogP contribution is -2.25. The zero-order valence-electron chi connectivity index (χ0n) is 8.72. The highest BCUT2D eigenvalue weighted by atomic mass is 127. The first-order valence-electron chi connectivity index (χ1n) is 4.50. The van der Waals surface area contributed by atoms with E-state index in [4.69, 9.17) is 0 Å². The lowest BCUT2D eigenvalue weighted by Gasteiger charge is -2.10. The number of aromatic nitrogens is 2. The van der Waals surface area contributed by atoms with Gasteiger partial charge in [0.15, 0.2) is 0 Å². The summed E-state index contributed by atoms with van der Waals surface area (Å²) in [6.07, 6.45) is 4.22. The molecule has 0 aromatic carbocycles. The molecule has 0 saturated carbocycles. The molecule has 1 aromatic rings. The minimum atomic E-state index is -3.07. The maximum atomic E-state index is 11.4. The zero-order chi connectivity index (χ0) is 11.5. The molecule has 0 unspecified atom stereocenters. The van der Waals surface area contributed by atoms with E-state index in [-0.39, 0.29) is 5.75 Å². The standard InChI is InChI=1S/C8H14IN3O2S/c1-11(2)15(13,14)5-3-4-12-7-8(9)6-10-12/h6-7H,3-5H2,1-2H3. The topological polar surface area (TPSA) is 55.2 Å². The van der Waals surface area contributed by atoms with Gasteiger partial charge < -0.3 is 0 Å². The first-order valence-corrected chi connectivity index (χ1v) is 7.19. The van der Waals surface area contributed by atoms with Crippen molar-refractivity contribution in [3.63, 3.8) is 0 Å². The van der Waals surface area contributed by atoms with Gasteiger partial charge in [-0.25, -0.2) is 12.7 Å². The molecule has 0 aliphatic heterocycles. The van der Waals surface area contributed by atoms with Crippen molar-refractivity contribution in [3.05, 3.63) is 16.0 Å². The Balaban J connectivity index is 2.40. The molecule has 1 aromatic heterocycles. The normalized spacial score (nSPS) is 12.3. The molecule has 0 aliphatic rings. The van der Waals surface area contributed by atoms with E-state index in [9.17, 15) is 8.42 Å². The minimum Gasteiger partial charge on any atom is -0.272 e. The summed E-state index contributed by atoms with van der Waals surface area (Å²) in [5.41, 5.74) is 0. The van der Waals surface area contributed by atoms with Crippen LogP contribution in [0.3, 0.4) is 0 Å². The Morgan fingerprint density at radius 1 is 1.53 bits per heavy atom. The SMILES string of the molecule is CN(C)S(=O)(=O)CCCn1cc(I)cn1. The van der Waals surface area contributed by atoms with Crippen LogP contribution in [0.15, 0.2) is 12.4 Å². The van der Waals surface area contributed by atoms with Crippen LogP contribution >= 0.6 is 22.6 Å². The predicted octanol–water partition coefficient (Wildman–Crippen LogP) is 0.769. The van der Waals surface area contributed by atoms with Crippen LogP contribution in [0.1, 0.15) is 6.42 Å². The summed E-state index contributed by atoms with van der Waals surface area (Å²) in [6, 6.07) is 0. The third kappa shape index (κ3) is 4.07. The molecule has 0 amide bonds. The van der Waals surface area contributed by atoms with Crippen molar-refractivity contribution < 1.29 is 8.42 Å². The molecule has 15 heavy (non-hydrogen) atoms. The number of hydrogen-bond donors (Lipinski definition) is 0. The second-order valence-electron chi connectivity index (χ2n) is 3.37. The van der Waals surface area contributed by atoms with Gasteiger partial charge in [-0.2, -0.15) is 5.10 Å². The molecule has 1 heterocycles. The molecule has 5 nitrogen and oxygen atoms in total. The Labute approximate surface area is 104 Å². The second-order valence-corrected chi connectivity index (χ2v) is 6.92. The Morgan fingerprint density at radius 2 is 2.20 bits per heavy atom. The van der Waals surface area contributed by atoms with Crippen molar-refractivity contribution in [2.45, 2.75) is 13.0 Å². The largest absolute Gasteiger partial charge is 0.272 e. The van der Waals surface area contributed by atoms with Crippen LogP contribution in [0.4, 0.5) is 0 Å². The van der Waals surface area contributed by atoms with E-state index in [1.807, 2.05) is 6.20 Å². The first-order chi connectivity index (χ1) is 6.92. The number of hydrogen-bond acceptors (Lipinski definition) is 3. The Morgan fingerprint density at radius 3 is 2.67 bits per heavy atom. The fourth-order valence-electron chi connectivity index (χ4n) is 1.05. The fraction of sp³-hybridized carbons (Fsp3) is 0.625. The molecular weight excluding hydrogens is 329 g/mol. The Hall–Kier alpha value is -0.150. The van der Waals surface area contributed by atoms with Crippen LogP contribution in [0.25, 0.3) is 0 Å². The molecule has 86 valence electrons. The molecule has 0 N–H and O–H groups in total. The maximum Gasteiger partial charge on any atom is 0.213 e. The van der Waals surface area contributed by atoms with Gasteiger partial charge in [0.1, 0.15) is 0 Å². The van der Waals surface area contributed by atoms with E-state index < -0.39 is 10.0 Å². The summed E-state index contributed by atoms with van der Waals surface area (Å²) < 4.78 is 26.9. The van der Waals surface area contributed by atoms with Gasteiger partial charge in [-0.05, 0) is 29.0 Å². The number of aryl methyl sites for hydroxylation is 1. The average Bonchev–Trinajstić information content (AvgIpc) is 2.51. The lowest BCUT2D eigenvalue weighted by molar-refractivity contribution is 0.511. The van der Waals surface area contributed by atoms with Crippen LogP contribution in [0.5, 0.6) is 0 Å². The van der Waals surface area contributed by atoms with Crippen molar-refractivity contribution in [3.8, 4) is 0 Å². The smallest absolute Gasteiger partial charge is 0.213 e. The zero-order valence-corrected chi connectivity index (χ0v) is 11.7. The minimum absolute atomic E-state index is 0.163. The summed E-state index contributed by atoms with van der Waals surface area (Å²) >= 11 is 2.17. The van der Waals surface area contributed by atoms with Gasteiger partial charge >= 0.3 is 0 Å². The Bertz CT molecular complexity index is 413. The van der Waals surface area contributed by atoms with Crippen LogP contribution in [0.2, 0.25) is 0 Å². The number of nitrogens with zero attached hydrogens (tertiary/aromatic N) is 3. The molecule has 0 bridgehead atoms. The highest BCUT2D eigenvalue weighted by Crippen LogP contribution is 2.03. The van der Waals surface area contributed by atoms with Gasteiger partial charge in [0.05, 0.1) is 15.5 Å². The lowest BCUT2D eigenvalue weighted by atomic mass is 10.5. The first kappa shape index (κ1) is 12.9. The predicted molar refractivity (Wildman–Crippen MR) is 67.0 cm³/mol. The van der Waals surface area contributed by atoms with Gasteiger partial charge in [-0.15, -0.1) is 0 Å². The molecule has 0 fully saturated rings.